The van der Waals surface area contributed by atoms with E-state index < -0.39 is 58.3 Å². The SMILES string of the molecule is CCC(CC(C)C(=O)Nc1c(F)c(F)c(N=[N+]=[N-])c(F)c1F)C(N)=O. The molecule has 0 aliphatic rings. The molecule has 1 aromatic rings. The zero-order valence-corrected chi connectivity index (χ0v) is 13.3. The molecule has 1 rings (SSSR count). The number of primary amides is 1. The van der Waals surface area contributed by atoms with E-state index >= 15 is 0 Å². The van der Waals surface area contributed by atoms with Gasteiger partial charge < -0.3 is 11.1 Å². The second kappa shape index (κ2) is 8.34. The average molecular weight is 361 g/mol. The Bertz CT molecular complexity index is 720. The number of carbonyl (C=O) groups excluding carboxylic acids is 2. The summed E-state index contributed by atoms with van der Waals surface area (Å²) < 4.78 is 55.0. The maximum absolute atomic E-state index is 13.9. The molecule has 0 saturated carbocycles. The molecule has 0 fully saturated rings. The van der Waals surface area contributed by atoms with E-state index in [4.69, 9.17) is 11.3 Å². The molecule has 25 heavy (non-hydrogen) atoms. The van der Waals surface area contributed by atoms with Crippen molar-refractivity contribution in [1.29, 1.82) is 0 Å². The first-order chi connectivity index (χ1) is 11.6. The molecular weight excluding hydrogens is 346 g/mol. The number of nitrogens with zero attached hydrogens (tertiary/aromatic N) is 3. The summed E-state index contributed by atoms with van der Waals surface area (Å²) >= 11 is 0. The Morgan fingerprint density at radius 2 is 1.72 bits per heavy atom. The van der Waals surface area contributed by atoms with Gasteiger partial charge in [0.25, 0.3) is 0 Å². The Morgan fingerprint density at radius 3 is 2.12 bits per heavy atom. The second-order valence-electron chi connectivity index (χ2n) is 5.30. The average Bonchev–Trinajstić information content (AvgIpc) is 2.57. The molecule has 0 aliphatic carbocycles. The quantitative estimate of drug-likeness (QED) is 0.253. The smallest absolute Gasteiger partial charge is 0.227 e. The first-order valence-corrected chi connectivity index (χ1v) is 7.16. The molecule has 2 amide bonds. The Balaban J connectivity index is 3.13. The number of nitrogens with two attached hydrogens (primary N) is 1. The molecule has 0 aliphatic heterocycles. The number of hydrogen-bond acceptors (Lipinski definition) is 3. The molecule has 0 heterocycles. The van der Waals surface area contributed by atoms with Crippen LogP contribution in [0.25, 0.3) is 10.4 Å². The van der Waals surface area contributed by atoms with Gasteiger partial charge in [0.2, 0.25) is 11.8 Å². The highest BCUT2D eigenvalue weighted by Gasteiger charge is 2.28. The van der Waals surface area contributed by atoms with Gasteiger partial charge in [0.15, 0.2) is 23.3 Å². The molecule has 3 N–H and O–H groups in total. The maximum Gasteiger partial charge on any atom is 0.227 e. The fourth-order valence-corrected chi connectivity index (χ4v) is 2.13. The van der Waals surface area contributed by atoms with Crippen molar-refractivity contribution in [3.05, 3.63) is 33.7 Å². The summed E-state index contributed by atoms with van der Waals surface area (Å²) in [4.78, 5) is 25.2. The van der Waals surface area contributed by atoms with E-state index in [2.05, 4.69) is 10.0 Å². The molecule has 2 atom stereocenters. The summed E-state index contributed by atoms with van der Waals surface area (Å²) in [6.45, 7) is 3.02. The number of rotatable bonds is 7. The van der Waals surface area contributed by atoms with Crippen molar-refractivity contribution in [2.75, 3.05) is 5.32 Å². The van der Waals surface area contributed by atoms with Crippen molar-refractivity contribution in [3.8, 4) is 0 Å². The van der Waals surface area contributed by atoms with Crippen LogP contribution in [0.1, 0.15) is 26.7 Å². The predicted octanol–water partition coefficient (Wildman–Crippen LogP) is 3.66. The van der Waals surface area contributed by atoms with Crippen LogP contribution in [0.5, 0.6) is 0 Å². The lowest BCUT2D eigenvalue weighted by Gasteiger charge is -2.17. The normalized spacial score (nSPS) is 12.9. The molecule has 0 bridgehead atoms. The molecule has 2 unspecified atom stereocenters. The van der Waals surface area contributed by atoms with Gasteiger partial charge in [0.05, 0.1) is 0 Å². The van der Waals surface area contributed by atoms with E-state index in [1.54, 1.807) is 12.2 Å². The van der Waals surface area contributed by atoms with Gasteiger partial charge in [-0.25, -0.2) is 17.6 Å². The van der Waals surface area contributed by atoms with Crippen LogP contribution in [0.4, 0.5) is 28.9 Å². The molecule has 0 radical (unpaired) electrons. The summed E-state index contributed by atoms with van der Waals surface area (Å²) in [6.07, 6.45) is 0.336. The number of nitrogens with one attached hydrogen (secondary N) is 1. The fourth-order valence-electron chi connectivity index (χ4n) is 2.13. The van der Waals surface area contributed by atoms with Crippen LogP contribution >= 0.6 is 0 Å². The van der Waals surface area contributed by atoms with Crippen molar-refractivity contribution in [1.82, 2.24) is 0 Å². The minimum Gasteiger partial charge on any atom is -0.369 e. The molecule has 11 heteroatoms. The molecule has 0 saturated heterocycles. The number of benzene rings is 1. The van der Waals surface area contributed by atoms with Crippen LogP contribution in [0.3, 0.4) is 0 Å². The van der Waals surface area contributed by atoms with Crippen molar-refractivity contribution in [2.24, 2.45) is 22.7 Å². The number of azide groups is 1. The van der Waals surface area contributed by atoms with Gasteiger partial charge in [-0.05, 0) is 18.4 Å². The summed E-state index contributed by atoms with van der Waals surface area (Å²) in [5.74, 6) is -10.9. The first-order valence-electron chi connectivity index (χ1n) is 7.16. The van der Waals surface area contributed by atoms with Gasteiger partial charge >= 0.3 is 0 Å². The topological polar surface area (TPSA) is 121 Å². The van der Waals surface area contributed by atoms with E-state index in [1.807, 2.05) is 0 Å². The molecule has 136 valence electrons. The highest BCUT2D eigenvalue weighted by atomic mass is 19.2. The lowest BCUT2D eigenvalue weighted by Crippen LogP contribution is -2.29. The van der Waals surface area contributed by atoms with Crippen LogP contribution < -0.4 is 11.1 Å². The number of hydrogen-bond donors (Lipinski definition) is 2. The monoisotopic (exact) mass is 361 g/mol. The summed E-state index contributed by atoms with van der Waals surface area (Å²) in [5, 5.41) is 4.28. The molecule has 7 nitrogen and oxygen atoms in total. The maximum atomic E-state index is 13.9. The minimum absolute atomic E-state index is 0.0112. The van der Waals surface area contributed by atoms with Crippen molar-refractivity contribution in [2.45, 2.75) is 26.7 Å². The van der Waals surface area contributed by atoms with Gasteiger partial charge in [-0.1, -0.05) is 19.0 Å². The van der Waals surface area contributed by atoms with E-state index in [9.17, 15) is 27.2 Å². The third-order valence-corrected chi connectivity index (χ3v) is 3.61. The fraction of sp³-hybridized carbons (Fsp3) is 0.429. The van der Waals surface area contributed by atoms with E-state index in [1.165, 1.54) is 6.92 Å². The zero-order chi connectivity index (χ0) is 19.3. The van der Waals surface area contributed by atoms with Crippen LogP contribution in [0.2, 0.25) is 0 Å². The van der Waals surface area contributed by atoms with Crippen LogP contribution in [-0.2, 0) is 9.59 Å². The van der Waals surface area contributed by atoms with Gasteiger partial charge in [-0.3, -0.25) is 9.59 Å². The highest BCUT2D eigenvalue weighted by Crippen LogP contribution is 2.33. The summed E-state index contributed by atoms with van der Waals surface area (Å²) in [5.41, 5.74) is 10.5. The van der Waals surface area contributed by atoms with E-state index in [0.717, 1.165) is 0 Å². The van der Waals surface area contributed by atoms with Gasteiger partial charge in [0, 0.05) is 16.7 Å². The molecular formula is C14H15F4N5O2. The van der Waals surface area contributed by atoms with Crippen molar-refractivity contribution in [3.63, 3.8) is 0 Å². The largest absolute Gasteiger partial charge is 0.369 e. The lowest BCUT2D eigenvalue weighted by atomic mass is 9.92. The number of amides is 2. The molecule has 0 spiro atoms. The van der Waals surface area contributed by atoms with Crippen molar-refractivity contribution < 1.29 is 27.2 Å². The Morgan fingerprint density at radius 1 is 1.20 bits per heavy atom. The Kier molecular flexibility index (Phi) is 6.75. The minimum atomic E-state index is -1.94. The molecule has 1 aromatic carbocycles. The summed E-state index contributed by atoms with van der Waals surface area (Å²) in [6, 6.07) is 0. The van der Waals surface area contributed by atoms with Gasteiger partial charge in [0.1, 0.15) is 11.4 Å². The third-order valence-electron chi connectivity index (χ3n) is 3.61. The Hall–Kier alpha value is -2.81. The third kappa shape index (κ3) is 4.38. The number of anilines is 1. The number of carbonyl (C=O) groups is 2. The van der Waals surface area contributed by atoms with Crippen LogP contribution in [-0.4, -0.2) is 11.8 Å². The Labute approximate surface area is 139 Å². The molecule has 0 aromatic heterocycles. The highest BCUT2D eigenvalue weighted by molar-refractivity contribution is 5.93. The lowest BCUT2D eigenvalue weighted by molar-refractivity contribution is -0.124. The first kappa shape index (κ1) is 20.2. The van der Waals surface area contributed by atoms with E-state index in [-0.39, 0.29) is 6.42 Å². The number of halogens is 4. The van der Waals surface area contributed by atoms with Crippen LogP contribution in [0, 0.1) is 35.1 Å². The summed E-state index contributed by atoms with van der Waals surface area (Å²) in [7, 11) is 0. The van der Waals surface area contributed by atoms with Crippen LogP contribution in [0.15, 0.2) is 5.11 Å². The standard InChI is InChI=1S/C14H15F4N5O2/c1-3-6(13(19)24)4-5(2)14(25)21-11-7(15)9(17)12(22-23-20)10(18)8(11)16/h5-6H,3-4H2,1-2H3,(H2,19,24)(H,21,25). The van der Waals surface area contributed by atoms with E-state index in [0.29, 0.717) is 6.42 Å². The predicted molar refractivity (Wildman–Crippen MR) is 80.5 cm³/mol. The van der Waals surface area contributed by atoms with Gasteiger partial charge in [-0.15, -0.1) is 0 Å². The van der Waals surface area contributed by atoms with Gasteiger partial charge in [-0.2, -0.15) is 0 Å². The zero-order valence-electron chi connectivity index (χ0n) is 13.3. The van der Waals surface area contributed by atoms with Crippen molar-refractivity contribution >= 4 is 23.2 Å². The second-order valence-corrected chi connectivity index (χ2v) is 5.30.